The fourth-order valence-electron chi connectivity index (χ4n) is 3.91. The fraction of sp³-hybridized carbons (Fsp3) is 0.214. The number of ether oxygens (including phenoxy) is 1. The van der Waals surface area contributed by atoms with E-state index in [1.165, 1.54) is 6.08 Å². The van der Waals surface area contributed by atoms with Crippen LogP contribution in [0, 0.1) is 0 Å². The van der Waals surface area contributed by atoms with Gasteiger partial charge >= 0.3 is 0 Å². The Bertz CT molecular complexity index is 1480. The van der Waals surface area contributed by atoms with E-state index in [9.17, 15) is 4.79 Å². The van der Waals surface area contributed by atoms with Gasteiger partial charge in [-0.05, 0) is 43.9 Å². The number of halogens is 1. The second-order valence-corrected chi connectivity index (χ2v) is 9.38. The fourth-order valence-corrected chi connectivity index (χ4v) is 4.10. The monoisotopic (exact) mass is 531 g/mol. The van der Waals surface area contributed by atoms with Gasteiger partial charge in [-0.15, -0.1) is 0 Å². The van der Waals surface area contributed by atoms with Gasteiger partial charge in [0.15, 0.2) is 0 Å². The van der Waals surface area contributed by atoms with Gasteiger partial charge in [-0.1, -0.05) is 30.3 Å². The number of fused-ring (bicyclic) bond motifs is 1. The third-order valence-corrected chi connectivity index (χ3v) is 6.16. The Kier molecular flexibility index (Phi) is 8.40. The summed E-state index contributed by atoms with van der Waals surface area (Å²) >= 11 is 6.23. The van der Waals surface area contributed by atoms with Gasteiger partial charge in [-0.3, -0.25) is 9.78 Å². The predicted octanol–water partition coefficient (Wildman–Crippen LogP) is 5.22. The molecular formula is C28H30ClN7O2. The largest absolute Gasteiger partial charge is 0.494 e. The summed E-state index contributed by atoms with van der Waals surface area (Å²) in [5.74, 6) is 0.616. The van der Waals surface area contributed by atoms with E-state index >= 15 is 0 Å². The van der Waals surface area contributed by atoms with Crippen LogP contribution in [0.25, 0.3) is 22.0 Å². The van der Waals surface area contributed by atoms with E-state index in [4.69, 9.17) is 21.3 Å². The molecule has 4 rings (SSSR count). The van der Waals surface area contributed by atoms with Crippen LogP contribution in [0.15, 0.2) is 67.6 Å². The molecule has 38 heavy (non-hydrogen) atoms. The van der Waals surface area contributed by atoms with E-state index < -0.39 is 0 Å². The zero-order valence-electron chi connectivity index (χ0n) is 21.8. The van der Waals surface area contributed by atoms with Crippen molar-refractivity contribution in [3.05, 3.63) is 72.7 Å². The first-order chi connectivity index (χ1) is 18.3. The van der Waals surface area contributed by atoms with Crippen molar-refractivity contribution in [2.75, 3.05) is 56.9 Å². The third kappa shape index (κ3) is 6.19. The quantitative estimate of drug-likeness (QED) is 0.269. The summed E-state index contributed by atoms with van der Waals surface area (Å²) < 4.78 is 5.70. The molecule has 1 amide bonds. The summed E-state index contributed by atoms with van der Waals surface area (Å²) in [4.78, 5) is 30.0. The first-order valence-electron chi connectivity index (χ1n) is 11.9. The molecule has 9 nitrogen and oxygen atoms in total. The molecule has 0 radical (unpaired) electrons. The molecule has 0 aliphatic heterocycles. The molecule has 2 aromatic carbocycles. The van der Waals surface area contributed by atoms with Gasteiger partial charge in [0.1, 0.15) is 5.75 Å². The lowest BCUT2D eigenvalue weighted by Gasteiger charge is -2.26. The van der Waals surface area contributed by atoms with Gasteiger partial charge in [0.05, 0.1) is 29.7 Å². The van der Waals surface area contributed by atoms with Crippen molar-refractivity contribution in [1.82, 2.24) is 19.9 Å². The molecular weight excluding hydrogens is 502 g/mol. The van der Waals surface area contributed by atoms with E-state index in [0.717, 1.165) is 40.8 Å². The van der Waals surface area contributed by atoms with Crippen molar-refractivity contribution in [2.24, 2.45) is 0 Å². The highest BCUT2D eigenvalue weighted by molar-refractivity contribution is 6.30. The lowest BCUT2D eigenvalue weighted by atomic mass is 10.1. The Labute approximate surface area is 227 Å². The Morgan fingerprint density at radius 3 is 2.63 bits per heavy atom. The van der Waals surface area contributed by atoms with E-state index in [1.54, 1.807) is 31.8 Å². The first-order valence-corrected chi connectivity index (χ1v) is 12.3. The summed E-state index contributed by atoms with van der Waals surface area (Å²) in [6, 6.07) is 11.2. The van der Waals surface area contributed by atoms with Crippen LogP contribution in [0.4, 0.5) is 23.0 Å². The Morgan fingerprint density at radius 2 is 1.92 bits per heavy atom. The van der Waals surface area contributed by atoms with Crippen molar-refractivity contribution in [1.29, 1.82) is 0 Å². The second-order valence-electron chi connectivity index (χ2n) is 8.94. The van der Waals surface area contributed by atoms with Crippen molar-refractivity contribution in [3.63, 3.8) is 0 Å². The molecule has 196 valence electrons. The van der Waals surface area contributed by atoms with E-state index in [1.807, 2.05) is 51.5 Å². The molecule has 2 aromatic heterocycles. The smallest absolute Gasteiger partial charge is 0.247 e. The number of nitrogens with zero attached hydrogens (tertiary/aromatic N) is 5. The summed E-state index contributed by atoms with van der Waals surface area (Å²) in [6.45, 7) is 5.16. The highest BCUT2D eigenvalue weighted by atomic mass is 35.5. The topological polar surface area (TPSA) is 95.5 Å². The first kappa shape index (κ1) is 26.8. The summed E-state index contributed by atoms with van der Waals surface area (Å²) in [6.07, 6.45) is 6.42. The van der Waals surface area contributed by atoms with Crippen LogP contribution in [-0.4, -0.2) is 67.1 Å². The number of rotatable bonds is 10. The SMILES string of the molecule is C=CC(=O)Nc1cc(Nc2ncc3cncc(-c4cccc(Cl)c4)c3n2)c(OC)cc1N(C)CCN(C)C. The molecule has 0 atom stereocenters. The number of carbonyl (C=O) groups is 1. The highest BCUT2D eigenvalue weighted by Gasteiger charge is 2.17. The minimum atomic E-state index is -0.316. The number of pyridine rings is 1. The molecule has 0 unspecified atom stereocenters. The molecule has 2 heterocycles. The number of benzene rings is 2. The van der Waals surface area contributed by atoms with Crippen molar-refractivity contribution >= 4 is 51.4 Å². The molecule has 0 fully saturated rings. The number of amides is 1. The van der Waals surface area contributed by atoms with Gasteiger partial charge in [0.25, 0.3) is 0 Å². The maximum Gasteiger partial charge on any atom is 0.247 e. The van der Waals surface area contributed by atoms with Crippen molar-refractivity contribution < 1.29 is 9.53 Å². The van der Waals surface area contributed by atoms with Gasteiger partial charge in [0, 0.05) is 60.8 Å². The van der Waals surface area contributed by atoms with Crippen LogP contribution in [0.3, 0.4) is 0 Å². The molecule has 10 heteroatoms. The average molecular weight is 532 g/mol. The number of carbonyl (C=O) groups excluding carboxylic acids is 1. The van der Waals surface area contributed by atoms with Crippen LogP contribution < -0.4 is 20.3 Å². The van der Waals surface area contributed by atoms with Crippen molar-refractivity contribution in [3.8, 4) is 16.9 Å². The number of hydrogen-bond donors (Lipinski definition) is 2. The lowest BCUT2D eigenvalue weighted by Crippen LogP contribution is -2.29. The molecule has 0 spiro atoms. The van der Waals surface area contributed by atoms with Gasteiger partial charge in [0.2, 0.25) is 11.9 Å². The summed E-state index contributed by atoms with van der Waals surface area (Å²) in [7, 11) is 7.58. The molecule has 0 aliphatic carbocycles. The maximum atomic E-state index is 12.2. The number of hydrogen-bond acceptors (Lipinski definition) is 8. The number of nitrogens with one attached hydrogen (secondary N) is 2. The third-order valence-electron chi connectivity index (χ3n) is 5.93. The number of methoxy groups -OCH3 is 1. The molecule has 4 aromatic rings. The zero-order chi connectivity index (χ0) is 27.2. The lowest BCUT2D eigenvalue weighted by molar-refractivity contribution is -0.111. The predicted molar refractivity (Wildman–Crippen MR) is 155 cm³/mol. The van der Waals surface area contributed by atoms with Crippen LogP contribution in [-0.2, 0) is 4.79 Å². The van der Waals surface area contributed by atoms with Gasteiger partial charge in [-0.25, -0.2) is 9.97 Å². The molecule has 0 saturated carbocycles. The van der Waals surface area contributed by atoms with Gasteiger partial charge in [-0.2, -0.15) is 0 Å². The normalized spacial score (nSPS) is 10.9. The van der Waals surface area contributed by atoms with E-state index in [2.05, 4.69) is 37.0 Å². The number of anilines is 4. The Balaban J connectivity index is 1.75. The molecule has 0 bridgehead atoms. The molecule has 0 aliphatic rings. The zero-order valence-corrected chi connectivity index (χ0v) is 22.6. The molecule has 0 saturated heterocycles. The summed E-state index contributed by atoms with van der Waals surface area (Å²) in [5, 5.41) is 7.57. The number of aromatic nitrogens is 3. The van der Waals surface area contributed by atoms with E-state index in [-0.39, 0.29) is 5.91 Å². The van der Waals surface area contributed by atoms with Crippen LogP contribution in [0.2, 0.25) is 5.02 Å². The van der Waals surface area contributed by atoms with Crippen LogP contribution in [0.1, 0.15) is 0 Å². The minimum absolute atomic E-state index is 0.316. The standard InChI is InChI=1S/C28H30ClN7O2/c1-6-26(37)32-22-13-23(25(38-5)14-24(22)36(4)11-10-35(2)3)33-28-31-16-19-15-30-17-21(27(19)34-28)18-8-7-9-20(29)12-18/h6-9,12-17H,1,10-11H2,2-5H3,(H,32,37)(H,31,33,34). The second kappa shape index (κ2) is 11.9. The van der Waals surface area contributed by atoms with Gasteiger partial charge < -0.3 is 25.2 Å². The minimum Gasteiger partial charge on any atom is -0.494 e. The summed E-state index contributed by atoms with van der Waals surface area (Å²) in [5.41, 5.74) is 4.45. The average Bonchev–Trinajstić information content (AvgIpc) is 2.91. The maximum absolute atomic E-state index is 12.2. The number of likely N-dealkylation sites (N-methyl/N-ethyl adjacent to an activating group) is 2. The highest BCUT2D eigenvalue weighted by Crippen LogP contribution is 2.38. The van der Waals surface area contributed by atoms with Crippen LogP contribution >= 0.6 is 11.6 Å². The Morgan fingerprint density at radius 1 is 1.11 bits per heavy atom. The molecule has 2 N–H and O–H groups in total. The van der Waals surface area contributed by atoms with Crippen molar-refractivity contribution in [2.45, 2.75) is 0 Å². The van der Waals surface area contributed by atoms with E-state index in [0.29, 0.717) is 28.1 Å². The Hall–Kier alpha value is -4.21. The van der Waals surface area contributed by atoms with Crippen LogP contribution in [0.5, 0.6) is 5.75 Å².